The number of benzene rings is 2. The maximum Gasteiger partial charge on any atom is 0.273 e. The molecule has 0 saturated carbocycles. The maximum absolute atomic E-state index is 12.0. The van der Waals surface area contributed by atoms with Gasteiger partial charge in [0.05, 0.1) is 5.69 Å². The second-order valence-corrected chi connectivity index (χ2v) is 5.79. The van der Waals surface area contributed by atoms with Crippen LogP contribution in [-0.2, 0) is 16.0 Å². The number of ether oxygens (including phenoxy) is 3. The molecular formula is C19H15NO5. The molecule has 1 unspecified atom stereocenters. The van der Waals surface area contributed by atoms with Crippen LogP contribution in [0.3, 0.4) is 0 Å². The molecule has 0 saturated heterocycles. The fourth-order valence-corrected chi connectivity index (χ4v) is 2.85. The largest absolute Gasteiger partial charge is 0.470 e. The molecule has 1 atom stereocenters. The van der Waals surface area contributed by atoms with Crippen molar-refractivity contribution in [3.63, 3.8) is 0 Å². The van der Waals surface area contributed by atoms with Crippen molar-refractivity contribution in [1.82, 2.24) is 0 Å². The Kier molecular flexibility index (Phi) is 3.65. The highest BCUT2D eigenvalue weighted by Gasteiger charge is 2.32. The standard InChI is InChI=1S/C19H15NO5/c1-2-14(21)18-19(22)20-13-8-11(3-5-15(13)25-18)7-12-4-6-16-17(9-12)24-10-23-16/h2-6,8-9,18H,1,7,10H2,(H,20,22). The van der Waals surface area contributed by atoms with Gasteiger partial charge in [-0.2, -0.15) is 0 Å². The van der Waals surface area contributed by atoms with Gasteiger partial charge >= 0.3 is 0 Å². The van der Waals surface area contributed by atoms with Crippen LogP contribution in [0.4, 0.5) is 5.69 Å². The number of amides is 1. The topological polar surface area (TPSA) is 73.9 Å². The van der Waals surface area contributed by atoms with Gasteiger partial charge in [-0.1, -0.05) is 18.7 Å². The SMILES string of the molecule is C=CC(=O)C1Oc2ccc(Cc3ccc4c(c3)OCO4)cc2NC1=O. The molecule has 2 aromatic carbocycles. The fourth-order valence-electron chi connectivity index (χ4n) is 2.85. The Morgan fingerprint density at radius 3 is 2.64 bits per heavy atom. The highest BCUT2D eigenvalue weighted by atomic mass is 16.7. The van der Waals surface area contributed by atoms with E-state index in [4.69, 9.17) is 14.2 Å². The lowest BCUT2D eigenvalue weighted by atomic mass is 10.0. The number of fused-ring (bicyclic) bond motifs is 2. The third-order valence-corrected chi connectivity index (χ3v) is 4.09. The lowest BCUT2D eigenvalue weighted by Gasteiger charge is -2.24. The van der Waals surface area contributed by atoms with Crippen LogP contribution in [0.15, 0.2) is 49.1 Å². The van der Waals surface area contributed by atoms with Crippen LogP contribution in [0.5, 0.6) is 17.2 Å². The maximum atomic E-state index is 12.0. The summed E-state index contributed by atoms with van der Waals surface area (Å²) in [5.74, 6) is 0.991. The van der Waals surface area contributed by atoms with Crippen molar-refractivity contribution in [3.05, 3.63) is 60.2 Å². The average Bonchev–Trinajstić information content (AvgIpc) is 3.08. The van der Waals surface area contributed by atoms with Crippen LogP contribution in [0.25, 0.3) is 0 Å². The first kappa shape index (κ1) is 15.3. The van der Waals surface area contributed by atoms with Gasteiger partial charge in [0.15, 0.2) is 11.5 Å². The molecule has 0 aromatic heterocycles. The number of hydrogen-bond acceptors (Lipinski definition) is 5. The quantitative estimate of drug-likeness (QED) is 0.685. The van der Waals surface area contributed by atoms with Crippen molar-refractivity contribution in [2.45, 2.75) is 12.5 Å². The molecule has 25 heavy (non-hydrogen) atoms. The van der Waals surface area contributed by atoms with Crippen molar-refractivity contribution in [2.75, 3.05) is 12.1 Å². The zero-order chi connectivity index (χ0) is 17.4. The zero-order valence-electron chi connectivity index (χ0n) is 13.3. The smallest absolute Gasteiger partial charge is 0.273 e. The molecule has 0 aliphatic carbocycles. The number of ketones is 1. The van der Waals surface area contributed by atoms with Gasteiger partial charge in [0.1, 0.15) is 5.75 Å². The number of carbonyl (C=O) groups is 2. The van der Waals surface area contributed by atoms with E-state index in [9.17, 15) is 9.59 Å². The van der Waals surface area contributed by atoms with E-state index in [0.717, 1.165) is 28.7 Å². The molecule has 0 spiro atoms. The summed E-state index contributed by atoms with van der Waals surface area (Å²) in [4.78, 5) is 23.7. The second-order valence-electron chi connectivity index (χ2n) is 5.79. The third kappa shape index (κ3) is 2.82. The second kappa shape index (κ2) is 5.98. The molecular weight excluding hydrogens is 322 g/mol. The molecule has 6 nitrogen and oxygen atoms in total. The Morgan fingerprint density at radius 1 is 1.12 bits per heavy atom. The number of anilines is 1. The van der Waals surface area contributed by atoms with Crippen LogP contribution in [0.2, 0.25) is 0 Å². The van der Waals surface area contributed by atoms with Gasteiger partial charge in [0.2, 0.25) is 18.7 Å². The van der Waals surface area contributed by atoms with E-state index in [0.29, 0.717) is 17.9 Å². The van der Waals surface area contributed by atoms with Crippen molar-refractivity contribution in [3.8, 4) is 17.2 Å². The lowest BCUT2D eigenvalue weighted by Crippen LogP contribution is -2.42. The summed E-state index contributed by atoms with van der Waals surface area (Å²) < 4.78 is 16.2. The predicted molar refractivity (Wildman–Crippen MR) is 90.1 cm³/mol. The van der Waals surface area contributed by atoms with Crippen LogP contribution >= 0.6 is 0 Å². The van der Waals surface area contributed by atoms with Crippen LogP contribution in [0, 0.1) is 0 Å². The average molecular weight is 337 g/mol. The van der Waals surface area contributed by atoms with Crippen molar-refractivity contribution in [2.24, 2.45) is 0 Å². The summed E-state index contributed by atoms with van der Waals surface area (Å²) >= 11 is 0. The Bertz CT molecular complexity index is 889. The summed E-state index contributed by atoms with van der Waals surface area (Å²) in [7, 11) is 0. The van der Waals surface area contributed by atoms with E-state index >= 15 is 0 Å². The zero-order valence-corrected chi connectivity index (χ0v) is 13.3. The van der Waals surface area contributed by atoms with Gasteiger partial charge in [-0.05, 0) is 47.9 Å². The van der Waals surface area contributed by atoms with Crippen molar-refractivity contribution in [1.29, 1.82) is 0 Å². The molecule has 2 heterocycles. The molecule has 1 N–H and O–H groups in total. The van der Waals surface area contributed by atoms with Crippen molar-refractivity contribution < 1.29 is 23.8 Å². The summed E-state index contributed by atoms with van der Waals surface area (Å²) in [6, 6.07) is 11.3. The first-order valence-electron chi connectivity index (χ1n) is 7.79. The minimum absolute atomic E-state index is 0.242. The van der Waals surface area contributed by atoms with E-state index in [2.05, 4.69) is 11.9 Å². The van der Waals surface area contributed by atoms with Gasteiger partial charge in [-0.25, -0.2) is 0 Å². The molecule has 0 radical (unpaired) electrons. The van der Waals surface area contributed by atoms with Crippen LogP contribution < -0.4 is 19.5 Å². The molecule has 4 rings (SSSR count). The van der Waals surface area contributed by atoms with Crippen LogP contribution in [0.1, 0.15) is 11.1 Å². The van der Waals surface area contributed by atoms with Crippen LogP contribution in [-0.4, -0.2) is 24.6 Å². The highest BCUT2D eigenvalue weighted by Crippen LogP contribution is 2.34. The van der Waals surface area contributed by atoms with E-state index in [-0.39, 0.29) is 6.79 Å². The van der Waals surface area contributed by atoms with Gasteiger partial charge < -0.3 is 19.5 Å². The molecule has 2 aliphatic rings. The molecule has 1 amide bonds. The molecule has 2 aromatic rings. The van der Waals surface area contributed by atoms with Gasteiger partial charge in [-0.3, -0.25) is 9.59 Å². The van der Waals surface area contributed by atoms with E-state index in [1.165, 1.54) is 0 Å². The number of rotatable bonds is 4. The van der Waals surface area contributed by atoms with Crippen molar-refractivity contribution >= 4 is 17.4 Å². The predicted octanol–water partition coefficient (Wildman–Crippen LogP) is 2.46. The Morgan fingerprint density at radius 2 is 1.84 bits per heavy atom. The first-order valence-corrected chi connectivity index (χ1v) is 7.79. The number of carbonyl (C=O) groups excluding carboxylic acids is 2. The summed E-state index contributed by atoms with van der Waals surface area (Å²) in [5.41, 5.74) is 2.61. The Hall–Kier alpha value is -3.28. The van der Waals surface area contributed by atoms with Gasteiger partial charge in [0.25, 0.3) is 5.91 Å². The van der Waals surface area contributed by atoms with Gasteiger partial charge in [0, 0.05) is 0 Å². The Balaban J connectivity index is 1.56. The fraction of sp³-hybridized carbons (Fsp3) is 0.158. The lowest BCUT2D eigenvalue weighted by molar-refractivity contribution is -0.132. The minimum Gasteiger partial charge on any atom is -0.470 e. The molecule has 2 aliphatic heterocycles. The highest BCUT2D eigenvalue weighted by molar-refractivity contribution is 6.15. The normalized spacial score (nSPS) is 17.3. The van der Waals surface area contributed by atoms with Gasteiger partial charge in [-0.15, -0.1) is 0 Å². The molecule has 126 valence electrons. The number of hydrogen-bond donors (Lipinski definition) is 1. The first-order chi connectivity index (χ1) is 12.1. The summed E-state index contributed by atoms with van der Waals surface area (Å²) in [6.45, 7) is 3.62. The van der Waals surface area contributed by atoms with E-state index in [1.54, 1.807) is 6.07 Å². The third-order valence-electron chi connectivity index (χ3n) is 4.09. The summed E-state index contributed by atoms with van der Waals surface area (Å²) in [6.07, 6.45) is 0.572. The molecule has 0 bridgehead atoms. The molecule has 0 fully saturated rings. The summed E-state index contributed by atoms with van der Waals surface area (Å²) in [5, 5.41) is 2.72. The number of nitrogens with one attached hydrogen (secondary N) is 1. The molecule has 6 heteroatoms. The van der Waals surface area contributed by atoms with E-state index in [1.807, 2.05) is 30.3 Å². The van der Waals surface area contributed by atoms with E-state index < -0.39 is 17.8 Å². The monoisotopic (exact) mass is 337 g/mol. The minimum atomic E-state index is -1.18. The Labute approximate surface area is 144 Å².